The van der Waals surface area contributed by atoms with Crippen molar-refractivity contribution in [2.24, 2.45) is 0 Å². The van der Waals surface area contributed by atoms with Crippen LogP contribution >= 0.6 is 0 Å². The van der Waals surface area contributed by atoms with Crippen molar-refractivity contribution in [3.63, 3.8) is 0 Å². The van der Waals surface area contributed by atoms with Crippen LogP contribution in [0, 0.1) is 6.92 Å². The van der Waals surface area contributed by atoms with E-state index < -0.39 is 24.5 Å². The first-order chi connectivity index (χ1) is 10.4. The SMILES string of the molecule is Cc1ccccc1C(C(=O)NCC(F)(F)F)c1ccccc1. The van der Waals surface area contributed by atoms with Crippen molar-refractivity contribution >= 4 is 5.91 Å². The molecule has 2 rings (SSSR count). The Kier molecular flexibility index (Phi) is 4.85. The van der Waals surface area contributed by atoms with Gasteiger partial charge in [0.05, 0.1) is 5.92 Å². The standard InChI is InChI=1S/C17H16F3NO/c1-12-7-5-6-10-14(12)15(13-8-3-2-4-9-13)16(22)21-11-17(18,19)20/h2-10,15H,11H2,1H3,(H,21,22). The minimum Gasteiger partial charge on any atom is -0.346 e. The third kappa shape index (κ3) is 4.10. The van der Waals surface area contributed by atoms with Crippen molar-refractivity contribution in [1.29, 1.82) is 0 Å². The second kappa shape index (κ2) is 6.64. The molecule has 116 valence electrons. The second-order valence-electron chi connectivity index (χ2n) is 5.03. The summed E-state index contributed by atoms with van der Waals surface area (Å²) in [6.45, 7) is 0.503. The van der Waals surface area contributed by atoms with Crippen molar-refractivity contribution < 1.29 is 18.0 Å². The van der Waals surface area contributed by atoms with E-state index in [1.165, 1.54) is 0 Å². The molecule has 0 saturated heterocycles. The predicted octanol–water partition coefficient (Wildman–Crippen LogP) is 3.81. The number of rotatable bonds is 4. The average Bonchev–Trinajstić information content (AvgIpc) is 2.48. The van der Waals surface area contributed by atoms with Crippen molar-refractivity contribution in [3.8, 4) is 0 Å². The molecule has 1 atom stereocenters. The Morgan fingerprint density at radius 1 is 1.05 bits per heavy atom. The van der Waals surface area contributed by atoms with Gasteiger partial charge in [-0.15, -0.1) is 0 Å². The van der Waals surface area contributed by atoms with Crippen LogP contribution in [-0.2, 0) is 4.79 Å². The number of amides is 1. The van der Waals surface area contributed by atoms with E-state index in [4.69, 9.17) is 0 Å². The van der Waals surface area contributed by atoms with Gasteiger partial charge in [0.1, 0.15) is 6.54 Å². The zero-order valence-electron chi connectivity index (χ0n) is 12.0. The van der Waals surface area contributed by atoms with Gasteiger partial charge in [-0.2, -0.15) is 13.2 Å². The molecule has 5 heteroatoms. The lowest BCUT2D eigenvalue weighted by Gasteiger charge is -2.20. The lowest BCUT2D eigenvalue weighted by Crippen LogP contribution is -2.37. The van der Waals surface area contributed by atoms with Crippen LogP contribution < -0.4 is 5.32 Å². The lowest BCUT2D eigenvalue weighted by molar-refractivity contribution is -0.138. The Morgan fingerprint density at radius 3 is 2.23 bits per heavy atom. The van der Waals surface area contributed by atoms with Crippen LogP contribution in [0.1, 0.15) is 22.6 Å². The van der Waals surface area contributed by atoms with Gasteiger partial charge in [0.25, 0.3) is 0 Å². The van der Waals surface area contributed by atoms with Crippen LogP contribution in [0.15, 0.2) is 54.6 Å². The fourth-order valence-electron chi connectivity index (χ4n) is 2.32. The Balaban J connectivity index is 2.35. The zero-order valence-corrected chi connectivity index (χ0v) is 12.0. The molecule has 0 saturated carbocycles. The first-order valence-electron chi connectivity index (χ1n) is 6.83. The fraction of sp³-hybridized carbons (Fsp3) is 0.235. The molecule has 0 spiro atoms. The first-order valence-corrected chi connectivity index (χ1v) is 6.83. The quantitative estimate of drug-likeness (QED) is 0.914. The highest BCUT2D eigenvalue weighted by Gasteiger charge is 2.31. The van der Waals surface area contributed by atoms with Gasteiger partial charge < -0.3 is 5.32 Å². The van der Waals surface area contributed by atoms with Crippen LogP contribution in [-0.4, -0.2) is 18.6 Å². The molecular formula is C17H16F3NO. The van der Waals surface area contributed by atoms with E-state index in [-0.39, 0.29) is 0 Å². The highest BCUT2D eigenvalue weighted by atomic mass is 19.4. The maximum absolute atomic E-state index is 12.3. The Labute approximate surface area is 127 Å². The van der Waals surface area contributed by atoms with Gasteiger partial charge in [0.15, 0.2) is 0 Å². The maximum atomic E-state index is 12.3. The number of alkyl halides is 3. The largest absolute Gasteiger partial charge is 0.405 e. The Hall–Kier alpha value is -2.30. The van der Waals surface area contributed by atoms with E-state index >= 15 is 0 Å². The molecule has 1 amide bonds. The smallest absolute Gasteiger partial charge is 0.346 e. The molecule has 0 aliphatic rings. The van der Waals surface area contributed by atoms with E-state index in [0.29, 0.717) is 11.1 Å². The van der Waals surface area contributed by atoms with Crippen LogP contribution in [0.3, 0.4) is 0 Å². The third-order valence-electron chi connectivity index (χ3n) is 3.36. The topological polar surface area (TPSA) is 29.1 Å². The highest BCUT2D eigenvalue weighted by molar-refractivity contribution is 5.87. The summed E-state index contributed by atoms with van der Waals surface area (Å²) in [6, 6.07) is 16.0. The second-order valence-corrected chi connectivity index (χ2v) is 5.03. The molecule has 2 aromatic rings. The molecule has 2 nitrogen and oxygen atoms in total. The van der Waals surface area contributed by atoms with Crippen LogP contribution in [0.25, 0.3) is 0 Å². The molecule has 22 heavy (non-hydrogen) atoms. The molecule has 0 aliphatic heterocycles. The van der Waals surface area contributed by atoms with Crippen molar-refractivity contribution in [3.05, 3.63) is 71.3 Å². The molecule has 0 aromatic heterocycles. The van der Waals surface area contributed by atoms with E-state index in [2.05, 4.69) is 0 Å². The summed E-state index contributed by atoms with van der Waals surface area (Å²) in [5, 5.41) is 1.98. The van der Waals surface area contributed by atoms with Crippen molar-refractivity contribution in [2.45, 2.75) is 19.0 Å². The number of hydrogen-bond acceptors (Lipinski definition) is 1. The summed E-state index contributed by atoms with van der Waals surface area (Å²) in [5.41, 5.74) is 2.23. The van der Waals surface area contributed by atoms with Gasteiger partial charge in [-0.3, -0.25) is 4.79 Å². The molecule has 0 heterocycles. The number of hydrogen-bond donors (Lipinski definition) is 1. The number of carbonyl (C=O) groups excluding carboxylic acids is 1. The molecule has 1 unspecified atom stereocenters. The summed E-state index contributed by atoms with van der Waals surface area (Å²) in [6.07, 6.45) is -4.43. The molecule has 0 fully saturated rings. The number of carbonyl (C=O) groups is 1. The molecule has 0 aliphatic carbocycles. The van der Waals surface area contributed by atoms with Crippen LogP contribution in [0.5, 0.6) is 0 Å². The molecule has 0 bridgehead atoms. The average molecular weight is 307 g/mol. The number of halogens is 3. The van der Waals surface area contributed by atoms with Gasteiger partial charge in [-0.1, -0.05) is 54.6 Å². The highest BCUT2D eigenvalue weighted by Crippen LogP contribution is 2.27. The van der Waals surface area contributed by atoms with Gasteiger partial charge in [0.2, 0.25) is 5.91 Å². The number of aryl methyl sites for hydroxylation is 1. The van der Waals surface area contributed by atoms with Crippen molar-refractivity contribution in [2.75, 3.05) is 6.54 Å². The fourth-order valence-corrected chi connectivity index (χ4v) is 2.32. The molecule has 0 radical (unpaired) electrons. The molecule has 1 N–H and O–H groups in total. The summed E-state index contributed by atoms with van der Waals surface area (Å²) in [5.74, 6) is -1.41. The molecule has 2 aromatic carbocycles. The van der Waals surface area contributed by atoms with E-state index in [0.717, 1.165) is 5.56 Å². The van der Waals surface area contributed by atoms with Crippen LogP contribution in [0.2, 0.25) is 0 Å². The third-order valence-corrected chi connectivity index (χ3v) is 3.36. The summed E-state index contributed by atoms with van der Waals surface area (Å²) in [7, 11) is 0. The van der Waals surface area contributed by atoms with Gasteiger partial charge in [-0.05, 0) is 23.6 Å². The number of nitrogens with one attached hydrogen (secondary N) is 1. The normalized spacial score (nSPS) is 12.7. The first kappa shape index (κ1) is 16.1. The maximum Gasteiger partial charge on any atom is 0.405 e. The minimum atomic E-state index is -4.43. The summed E-state index contributed by atoms with van der Waals surface area (Å²) < 4.78 is 37.0. The van der Waals surface area contributed by atoms with Gasteiger partial charge in [-0.25, -0.2) is 0 Å². The monoisotopic (exact) mass is 307 g/mol. The Bertz CT molecular complexity index is 638. The molecular weight excluding hydrogens is 291 g/mol. The van der Waals surface area contributed by atoms with Gasteiger partial charge in [0, 0.05) is 0 Å². The summed E-state index contributed by atoms with van der Waals surface area (Å²) >= 11 is 0. The van der Waals surface area contributed by atoms with E-state index in [1.54, 1.807) is 42.5 Å². The zero-order chi connectivity index (χ0) is 16.2. The number of benzene rings is 2. The Morgan fingerprint density at radius 2 is 1.64 bits per heavy atom. The van der Waals surface area contributed by atoms with Crippen LogP contribution in [0.4, 0.5) is 13.2 Å². The summed E-state index contributed by atoms with van der Waals surface area (Å²) in [4.78, 5) is 12.3. The van der Waals surface area contributed by atoms with E-state index in [9.17, 15) is 18.0 Å². The minimum absolute atomic E-state index is 0.655. The predicted molar refractivity (Wildman–Crippen MR) is 78.5 cm³/mol. The van der Waals surface area contributed by atoms with Crippen molar-refractivity contribution in [1.82, 2.24) is 5.32 Å². The van der Waals surface area contributed by atoms with Gasteiger partial charge >= 0.3 is 6.18 Å². The lowest BCUT2D eigenvalue weighted by atomic mass is 9.88. The van der Waals surface area contributed by atoms with E-state index in [1.807, 2.05) is 24.4 Å².